The Kier molecular flexibility index (Phi) is 4.42. The number of hydrogen-bond acceptors (Lipinski definition) is 4. The van der Waals surface area contributed by atoms with Crippen LogP contribution < -0.4 is 15.8 Å². The van der Waals surface area contributed by atoms with Crippen molar-refractivity contribution in [3.63, 3.8) is 0 Å². The van der Waals surface area contributed by atoms with Gasteiger partial charge in [-0.2, -0.15) is 5.26 Å². The van der Waals surface area contributed by atoms with Crippen LogP contribution >= 0.6 is 0 Å². The van der Waals surface area contributed by atoms with E-state index in [0.717, 1.165) is 5.56 Å². The Morgan fingerprint density at radius 2 is 2.00 bits per heavy atom. The van der Waals surface area contributed by atoms with Gasteiger partial charge in [-0.15, -0.1) is 0 Å². The van der Waals surface area contributed by atoms with E-state index in [9.17, 15) is 4.79 Å². The van der Waals surface area contributed by atoms with Gasteiger partial charge in [-0.3, -0.25) is 4.79 Å². The molecule has 5 nitrogen and oxygen atoms in total. The van der Waals surface area contributed by atoms with Gasteiger partial charge in [0.25, 0.3) is 5.91 Å². The van der Waals surface area contributed by atoms with Crippen molar-refractivity contribution in [3.05, 3.63) is 53.6 Å². The number of nitrogens with zero attached hydrogens (tertiary/aromatic N) is 1. The first-order chi connectivity index (χ1) is 10.1. The molecule has 0 heterocycles. The highest BCUT2D eigenvalue weighted by Crippen LogP contribution is 2.21. The summed E-state index contributed by atoms with van der Waals surface area (Å²) in [6.07, 6.45) is 0.344. The van der Waals surface area contributed by atoms with Gasteiger partial charge in [-0.1, -0.05) is 12.1 Å². The predicted octanol–water partition coefficient (Wildman–Crippen LogP) is 2.60. The number of carbonyl (C=O) groups excluding carboxylic acids is 1. The van der Waals surface area contributed by atoms with Crippen molar-refractivity contribution in [2.24, 2.45) is 0 Å². The number of nitrogens with two attached hydrogens (primary N) is 1. The van der Waals surface area contributed by atoms with Gasteiger partial charge in [0.2, 0.25) is 0 Å². The molecule has 0 aliphatic rings. The second-order valence-corrected chi connectivity index (χ2v) is 4.44. The van der Waals surface area contributed by atoms with Gasteiger partial charge < -0.3 is 15.8 Å². The zero-order valence-electron chi connectivity index (χ0n) is 11.6. The molecular weight excluding hydrogens is 266 g/mol. The number of nitriles is 1. The van der Waals surface area contributed by atoms with Gasteiger partial charge in [0.15, 0.2) is 0 Å². The number of methoxy groups -OCH3 is 1. The van der Waals surface area contributed by atoms with Gasteiger partial charge in [0.1, 0.15) is 5.75 Å². The summed E-state index contributed by atoms with van der Waals surface area (Å²) in [6.45, 7) is 0. The molecule has 0 spiro atoms. The number of ether oxygens (including phenoxy) is 1. The molecule has 106 valence electrons. The number of carbonyl (C=O) groups is 1. The molecule has 2 aromatic rings. The van der Waals surface area contributed by atoms with E-state index in [-0.39, 0.29) is 5.91 Å². The number of anilines is 2. The van der Waals surface area contributed by atoms with Crippen LogP contribution in [0.25, 0.3) is 0 Å². The lowest BCUT2D eigenvalue weighted by atomic mass is 10.1. The normalized spacial score (nSPS) is 9.71. The number of benzene rings is 2. The van der Waals surface area contributed by atoms with Gasteiger partial charge in [0.05, 0.1) is 25.2 Å². The highest BCUT2D eigenvalue weighted by atomic mass is 16.5. The fraction of sp³-hybridized carbons (Fsp3) is 0.125. The zero-order valence-corrected chi connectivity index (χ0v) is 11.6. The Balaban J connectivity index is 2.16. The molecule has 5 heteroatoms. The Morgan fingerprint density at radius 1 is 1.29 bits per heavy atom. The van der Waals surface area contributed by atoms with Crippen molar-refractivity contribution in [1.29, 1.82) is 5.26 Å². The van der Waals surface area contributed by atoms with Crippen LogP contribution in [0.4, 0.5) is 11.4 Å². The fourth-order valence-corrected chi connectivity index (χ4v) is 1.85. The third-order valence-corrected chi connectivity index (χ3v) is 3.00. The second kappa shape index (κ2) is 6.44. The maximum Gasteiger partial charge on any atom is 0.257 e. The SMILES string of the molecule is COc1ccc(N)c(C(=O)Nc2ccc(CC#N)cc2)c1. The number of amides is 1. The number of nitrogens with one attached hydrogen (secondary N) is 1. The first-order valence-corrected chi connectivity index (χ1v) is 6.35. The molecule has 0 fully saturated rings. The van der Waals surface area contributed by atoms with E-state index in [1.54, 1.807) is 42.5 Å². The van der Waals surface area contributed by atoms with Crippen LogP contribution in [0.3, 0.4) is 0 Å². The third kappa shape index (κ3) is 3.51. The van der Waals surface area contributed by atoms with Gasteiger partial charge in [0, 0.05) is 11.4 Å². The Morgan fingerprint density at radius 3 is 2.62 bits per heavy atom. The molecule has 0 aliphatic heterocycles. The number of rotatable bonds is 4. The van der Waals surface area contributed by atoms with E-state index in [1.165, 1.54) is 7.11 Å². The molecule has 0 aromatic heterocycles. The topological polar surface area (TPSA) is 88.1 Å². The number of hydrogen-bond donors (Lipinski definition) is 2. The maximum atomic E-state index is 12.2. The lowest BCUT2D eigenvalue weighted by Gasteiger charge is -2.09. The molecule has 0 saturated carbocycles. The van der Waals surface area contributed by atoms with Crippen molar-refractivity contribution >= 4 is 17.3 Å². The molecule has 0 bridgehead atoms. The standard InChI is InChI=1S/C16H15N3O2/c1-21-13-6-7-15(18)14(10-13)16(20)19-12-4-2-11(3-5-12)8-9-17/h2-7,10H,8,18H2,1H3,(H,19,20). The lowest BCUT2D eigenvalue weighted by molar-refractivity contribution is 0.102. The average Bonchev–Trinajstić information content (AvgIpc) is 2.50. The van der Waals surface area contributed by atoms with E-state index < -0.39 is 0 Å². The van der Waals surface area contributed by atoms with Crippen LogP contribution in [0.1, 0.15) is 15.9 Å². The molecule has 0 saturated heterocycles. The molecule has 2 aromatic carbocycles. The van der Waals surface area contributed by atoms with Gasteiger partial charge in [-0.05, 0) is 35.9 Å². The summed E-state index contributed by atoms with van der Waals surface area (Å²) in [6, 6.07) is 14.1. The van der Waals surface area contributed by atoms with Gasteiger partial charge >= 0.3 is 0 Å². The quantitative estimate of drug-likeness (QED) is 0.843. The second-order valence-electron chi connectivity index (χ2n) is 4.44. The van der Waals surface area contributed by atoms with E-state index in [2.05, 4.69) is 11.4 Å². The first kappa shape index (κ1) is 14.4. The van der Waals surface area contributed by atoms with Gasteiger partial charge in [-0.25, -0.2) is 0 Å². The summed E-state index contributed by atoms with van der Waals surface area (Å²) < 4.78 is 5.09. The summed E-state index contributed by atoms with van der Waals surface area (Å²) in [5.41, 5.74) is 8.09. The molecule has 3 N–H and O–H groups in total. The van der Waals surface area contributed by atoms with Crippen LogP contribution in [0.15, 0.2) is 42.5 Å². The van der Waals surface area contributed by atoms with Crippen LogP contribution in [-0.2, 0) is 6.42 Å². The third-order valence-electron chi connectivity index (χ3n) is 3.00. The largest absolute Gasteiger partial charge is 0.497 e. The molecule has 1 amide bonds. The van der Waals surface area contributed by atoms with Crippen molar-refractivity contribution in [2.45, 2.75) is 6.42 Å². The Hall–Kier alpha value is -3.00. The van der Waals surface area contributed by atoms with E-state index in [0.29, 0.717) is 29.1 Å². The maximum absolute atomic E-state index is 12.2. The molecule has 0 radical (unpaired) electrons. The molecule has 0 unspecified atom stereocenters. The van der Waals surface area contributed by atoms with Crippen LogP contribution in [0.5, 0.6) is 5.75 Å². The minimum Gasteiger partial charge on any atom is -0.497 e. The highest BCUT2D eigenvalue weighted by molar-refractivity contribution is 6.08. The monoisotopic (exact) mass is 281 g/mol. The van der Waals surface area contributed by atoms with Crippen molar-refractivity contribution in [2.75, 3.05) is 18.2 Å². The fourth-order valence-electron chi connectivity index (χ4n) is 1.85. The average molecular weight is 281 g/mol. The van der Waals surface area contributed by atoms with E-state index >= 15 is 0 Å². The number of nitrogen functional groups attached to an aromatic ring is 1. The molecule has 21 heavy (non-hydrogen) atoms. The van der Waals surface area contributed by atoms with Crippen LogP contribution in [0, 0.1) is 11.3 Å². The predicted molar refractivity (Wildman–Crippen MR) is 81.1 cm³/mol. The lowest BCUT2D eigenvalue weighted by Crippen LogP contribution is -2.14. The molecule has 0 aliphatic carbocycles. The summed E-state index contributed by atoms with van der Waals surface area (Å²) in [5, 5.41) is 11.4. The van der Waals surface area contributed by atoms with Crippen LogP contribution in [-0.4, -0.2) is 13.0 Å². The van der Waals surface area contributed by atoms with E-state index in [4.69, 9.17) is 15.7 Å². The molecule has 0 atom stereocenters. The Labute approximate surface area is 123 Å². The van der Waals surface area contributed by atoms with Crippen molar-refractivity contribution in [3.8, 4) is 11.8 Å². The minimum atomic E-state index is -0.306. The minimum absolute atomic E-state index is 0.306. The smallest absolute Gasteiger partial charge is 0.257 e. The zero-order chi connectivity index (χ0) is 15.2. The molecular formula is C16H15N3O2. The summed E-state index contributed by atoms with van der Waals surface area (Å²) in [5.74, 6) is 0.262. The summed E-state index contributed by atoms with van der Waals surface area (Å²) in [7, 11) is 1.53. The van der Waals surface area contributed by atoms with Crippen molar-refractivity contribution < 1.29 is 9.53 Å². The van der Waals surface area contributed by atoms with E-state index in [1.807, 2.05) is 0 Å². The van der Waals surface area contributed by atoms with Crippen LogP contribution in [0.2, 0.25) is 0 Å². The Bertz CT molecular complexity index is 688. The summed E-state index contributed by atoms with van der Waals surface area (Å²) >= 11 is 0. The van der Waals surface area contributed by atoms with Crippen molar-refractivity contribution in [1.82, 2.24) is 0 Å². The highest BCUT2D eigenvalue weighted by Gasteiger charge is 2.11. The summed E-state index contributed by atoms with van der Waals surface area (Å²) in [4.78, 5) is 12.2. The first-order valence-electron chi connectivity index (χ1n) is 6.35. The molecule has 2 rings (SSSR count).